The number of rotatable bonds is 7. The Kier molecular flexibility index (Phi) is 13.5. The zero-order valence-corrected chi connectivity index (χ0v) is 23.9. The summed E-state index contributed by atoms with van der Waals surface area (Å²) in [6, 6.07) is 3.38. The van der Waals surface area contributed by atoms with Crippen molar-refractivity contribution < 1.29 is 22.4 Å². The fourth-order valence-corrected chi connectivity index (χ4v) is 4.40. The molecule has 2 aromatic rings. The van der Waals surface area contributed by atoms with E-state index < -0.39 is 12.9 Å². The van der Waals surface area contributed by atoms with Gasteiger partial charge in [-0.15, -0.1) is 0 Å². The fourth-order valence-electron chi connectivity index (χ4n) is 3.83. The van der Waals surface area contributed by atoms with Gasteiger partial charge in [-0.25, -0.2) is 17.6 Å². The Morgan fingerprint density at radius 2 is 1.78 bits per heavy atom. The van der Waals surface area contributed by atoms with Gasteiger partial charge in [-0.2, -0.15) is 5.10 Å². The van der Waals surface area contributed by atoms with Gasteiger partial charge < -0.3 is 9.80 Å². The van der Waals surface area contributed by atoms with Crippen LogP contribution in [0.25, 0.3) is 0 Å². The highest BCUT2D eigenvalue weighted by Crippen LogP contribution is 2.40. The Morgan fingerprint density at radius 1 is 1.17 bits per heavy atom. The van der Waals surface area contributed by atoms with Crippen molar-refractivity contribution in [3.05, 3.63) is 39.0 Å². The minimum atomic E-state index is -2.55. The number of benzene rings is 1. The molecule has 0 N–H and O–H groups in total. The van der Waals surface area contributed by atoms with Crippen LogP contribution in [-0.2, 0) is 24.8 Å². The van der Waals surface area contributed by atoms with E-state index in [2.05, 4.69) is 15.9 Å². The quantitative estimate of drug-likeness (QED) is 0.313. The molecule has 0 bridgehead atoms. The fraction of sp³-hybridized carbons (Fsp3) is 0.615. The first-order chi connectivity index (χ1) is 17.0. The van der Waals surface area contributed by atoms with E-state index in [0.717, 1.165) is 41.2 Å². The maximum Gasteiger partial charge on any atom is 0.265 e. The van der Waals surface area contributed by atoms with Crippen LogP contribution in [0.5, 0.6) is 0 Å². The van der Waals surface area contributed by atoms with E-state index in [-0.39, 0.29) is 17.9 Å². The first-order valence-electron chi connectivity index (χ1n) is 12.5. The number of hydrogen-bond donors (Lipinski definition) is 0. The van der Waals surface area contributed by atoms with Crippen LogP contribution in [0.4, 0.5) is 29.1 Å². The zero-order valence-electron chi connectivity index (χ0n) is 22.3. The number of aryl methyl sites for hydroxylation is 2. The van der Waals surface area contributed by atoms with Crippen LogP contribution >= 0.6 is 15.9 Å². The maximum absolute atomic E-state index is 13.5. The van der Waals surface area contributed by atoms with Crippen molar-refractivity contribution in [1.29, 1.82) is 0 Å². The van der Waals surface area contributed by atoms with Crippen molar-refractivity contribution in [2.75, 3.05) is 18.0 Å². The van der Waals surface area contributed by atoms with Crippen LogP contribution in [0.2, 0.25) is 0 Å². The van der Waals surface area contributed by atoms with Crippen LogP contribution in [-0.4, -0.2) is 40.1 Å². The molecule has 0 unspecified atom stereocenters. The Bertz CT molecular complexity index is 981. The smallest absolute Gasteiger partial charge is 0.265 e. The first kappa shape index (κ1) is 31.9. The molecule has 10 heteroatoms. The SMILES string of the molecule is CC.CCC(=O)N(CC)Cc1c(N2CCCc3cc(Br)c(C(F)F)cc32)nn(C)c1C.CCC(F)F. The molecule has 0 saturated heterocycles. The van der Waals surface area contributed by atoms with E-state index in [9.17, 15) is 22.4 Å². The highest BCUT2D eigenvalue weighted by molar-refractivity contribution is 9.10. The number of anilines is 2. The third kappa shape index (κ3) is 7.95. The predicted molar refractivity (Wildman–Crippen MR) is 141 cm³/mol. The van der Waals surface area contributed by atoms with Crippen molar-refractivity contribution in [2.24, 2.45) is 7.05 Å². The highest BCUT2D eigenvalue weighted by atomic mass is 79.9. The van der Waals surface area contributed by atoms with Crippen LogP contribution in [0, 0.1) is 6.92 Å². The van der Waals surface area contributed by atoms with E-state index in [1.807, 2.05) is 51.5 Å². The molecule has 1 amide bonds. The van der Waals surface area contributed by atoms with Gasteiger partial charge >= 0.3 is 0 Å². The molecule has 1 aliphatic heterocycles. The third-order valence-electron chi connectivity index (χ3n) is 5.94. The summed E-state index contributed by atoms with van der Waals surface area (Å²) in [5.41, 5.74) is 3.73. The molecule has 3 rings (SSSR count). The Balaban J connectivity index is 0.000000826. The molecular formula is C26H39BrF4N4O. The van der Waals surface area contributed by atoms with E-state index in [0.29, 0.717) is 30.5 Å². The van der Waals surface area contributed by atoms with Gasteiger partial charge in [-0.05, 0) is 44.4 Å². The Morgan fingerprint density at radius 3 is 2.28 bits per heavy atom. The summed E-state index contributed by atoms with van der Waals surface area (Å²) in [4.78, 5) is 16.1. The Hall–Kier alpha value is -2.10. The van der Waals surface area contributed by atoms with Crippen molar-refractivity contribution in [3.8, 4) is 0 Å². The van der Waals surface area contributed by atoms with Crippen molar-refractivity contribution in [1.82, 2.24) is 14.7 Å². The minimum Gasteiger partial charge on any atom is -0.338 e. The molecule has 1 aromatic carbocycles. The van der Waals surface area contributed by atoms with Crippen molar-refractivity contribution >= 4 is 33.3 Å². The summed E-state index contributed by atoms with van der Waals surface area (Å²) in [6.45, 7) is 13.0. The van der Waals surface area contributed by atoms with Crippen LogP contribution < -0.4 is 4.90 Å². The predicted octanol–water partition coefficient (Wildman–Crippen LogP) is 7.96. The zero-order chi connectivity index (χ0) is 27.6. The molecule has 0 aliphatic carbocycles. The lowest BCUT2D eigenvalue weighted by atomic mass is 9.99. The largest absolute Gasteiger partial charge is 0.338 e. The number of carbonyl (C=O) groups excluding carboxylic acids is 1. The number of hydrogen-bond acceptors (Lipinski definition) is 3. The van der Waals surface area contributed by atoms with Gasteiger partial charge in [0.05, 0.1) is 6.54 Å². The lowest BCUT2D eigenvalue weighted by molar-refractivity contribution is -0.131. The Labute approximate surface area is 221 Å². The van der Waals surface area contributed by atoms with Gasteiger partial charge in [0.1, 0.15) is 0 Å². The number of nitrogens with zero attached hydrogens (tertiary/aromatic N) is 4. The molecule has 36 heavy (non-hydrogen) atoms. The molecule has 1 aromatic heterocycles. The number of halogens is 5. The summed E-state index contributed by atoms with van der Waals surface area (Å²) in [7, 11) is 1.87. The minimum absolute atomic E-state index is 0.0128. The summed E-state index contributed by atoms with van der Waals surface area (Å²) >= 11 is 3.29. The lowest BCUT2D eigenvalue weighted by Gasteiger charge is -2.32. The topological polar surface area (TPSA) is 41.4 Å². The van der Waals surface area contributed by atoms with Gasteiger partial charge in [-0.3, -0.25) is 9.48 Å². The first-order valence-corrected chi connectivity index (χ1v) is 13.3. The number of fused-ring (bicyclic) bond motifs is 1. The monoisotopic (exact) mass is 578 g/mol. The van der Waals surface area contributed by atoms with Gasteiger partial charge in [0.2, 0.25) is 12.3 Å². The van der Waals surface area contributed by atoms with Gasteiger partial charge in [-0.1, -0.05) is 43.6 Å². The lowest BCUT2D eigenvalue weighted by Crippen LogP contribution is -2.31. The molecule has 204 valence electrons. The van der Waals surface area contributed by atoms with Crippen LogP contribution in [0.3, 0.4) is 0 Å². The standard InChI is InChI=1S/C21H27BrF2N4O.C3H6F2.C2H6/c1-5-19(29)27(6-2)12-16-13(3)26(4)25-21(16)28-9-7-8-14-10-17(22)15(20(23)24)11-18(14)28;1-2-3(4)5;1-2/h10-11,20H,5-9,12H2,1-4H3;3H,2H2,1H3;1-2H3. The van der Waals surface area contributed by atoms with Gasteiger partial charge in [0.15, 0.2) is 5.82 Å². The molecule has 0 fully saturated rings. The molecule has 0 spiro atoms. The molecule has 0 radical (unpaired) electrons. The number of alkyl halides is 4. The summed E-state index contributed by atoms with van der Waals surface area (Å²) in [5, 5.41) is 4.71. The van der Waals surface area contributed by atoms with Crippen LogP contribution in [0.15, 0.2) is 16.6 Å². The second-order valence-corrected chi connectivity index (χ2v) is 8.98. The number of amides is 1. The molecule has 0 atom stereocenters. The molecule has 5 nitrogen and oxygen atoms in total. The normalized spacial score (nSPS) is 12.6. The van der Waals surface area contributed by atoms with Gasteiger partial charge in [0, 0.05) is 60.0 Å². The van der Waals surface area contributed by atoms with E-state index in [1.165, 1.54) is 6.92 Å². The molecule has 0 saturated carbocycles. The molecule has 1 aliphatic rings. The molecule has 2 heterocycles. The average Bonchev–Trinajstić information content (AvgIpc) is 3.15. The maximum atomic E-state index is 13.5. The second kappa shape index (κ2) is 15.2. The average molecular weight is 580 g/mol. The van der Waals surface area contributed by atoms with E-state index >= 15 is 0 Å². The third-order valence-corrected chi connectivity index (χ3v) is 6.63. The summed E-state index contributed by atoms with van der Waals surface area (Å²) in [5.74, 6) is 0.834. The van der Waals surface area contributed by atoms with E-state index in [4.69, 9.17) is 5.10 Å². The van der Waals surface area contributed by atoms with E-state index in [1.54, 1.807) is 16.8 Å². The number of aromatic nitrogens is 2. The summed E-state index contributed by atoms with van der Waals surface area (Å²) in [6.07, 6.45) is -2.50. The summed E-state index contributed by atoms with van der Waals surface area (Å²) < 4.78 is 50.8. The highest BCUT2D eigenvalue weighted by Gasteiger charge is 2.28. The van der Waals surface area contributed by atoms with Crippen molar-refractivity contribution in [3.63, 3.8) is 0 Å². The second-order valence-electron chi connectivity index (χ2n) is 8.13. The number of carbonyl (C=O) groups is 1. The van der Waals surface area contributed by atoms with Gasteiger partial charge in [0.25, 0.3) is 6.43 Å². The molecular weight excluding hydrogens is 540 g/mol. The van der Waals surface area contributed by atoms with Crippen LogP contribution in [0.1, 0.15) is 82.7 Å². The van der Waals surface area contributed by atoms with Crippen molar-refractivity contribution in [2.45, 2.75) is 86.6 Å².